The maximum atomic E-state index is 10.8. The molecule has 3 N–H and O–H groups in total. The van der Waals surface area contributed by atoms with Crippen LogP contribution in [0.4, 0.5) is 11.4 Å². The fraction of sp³-hybridized carbons (Fsp3) is 0.231. The van der Waals surface area contributed by atoms with E-state index in [1.54, 1.807) is 18.3 Å². The van der Waals surface area contributed by atoms with Gasteiger partial charge in [0.15, 0.2) is 0 Å². The van der Waals surface area contributed by atoms with Crippen molar-refractivity contribution < 1.29 is 9.90 Å². The molecule has 1 aromatic carbocycles. The second kappa shape index (κ2) is 5.43. The number of benzene rings is 1. The highest BCUT2D eigenvalue weighted by molar-refractivity contribution is 5.90. The summed E-state index contributed by atoms with van der Waals surface area (Å²) >= 11 is 0. The average Bonchev–Trinajstić information content (AvgIpc) is 2.88. The third kappa shape index (κ3) is 3.04. The molecule has 0 fully saturated rings. The first-order valence-corrected chi connectivity index (χ1v) is 5.89. The Kier molecular flexibility index (Phi) is 3.70. The van der Waals surface area contributed by atoms with Crippen LogP contribution in [0.1, 0.15) is 10.4 Å². The lowest BCUT2D eigenvalue weighted by atomic mass is 10.1. The minimum atomic E-state index is -0.975. The van der Waals surface area contributed by atoms with Crippen LogP contribution < -0.4 is 10.6 Å². The molecule has 0 saturated heterocycles. The highest BCUT2D eigenvalue weighted by Crippen LogP contribution is 2.23. The predicted molar refractivity (Wildman–Crippen MR) is 73.3 cm³/mol. The number of carboxylic acids is 1. The van der Waals surface area contributed by atoms with Gasteiger partial charge in [0.2, 0.25) is 0 Å². The van der Waals surface area contributed by atoms with Gasteiger partial charge in [-0.1, -0.05) is 0 Å². The highest BCUT2D eigenvalue weighted by atomic mass is 16.4. The Bertz CT molecular complexity index is 566. The van der Waals surface area contributed by atoms with Crippen molar-refractivity contribution in [3.05, 3.63) is 42.2 Å². The van der Waals surface area contributed by atoms with Gasteiger partial charge in [-0.15, -0.1) is 0 Å². The number of hydrogen-bond acceptors (Lipinski definition) is 4. The minimum absolute atomic E-state index is 0.196. The minimum Gasteiger partial charge on any atom is -0.478 e. The first-order valence-electron chi connectivity index (χ1n) is 5.89. The number of rotatable bonds is 5. The van der Waals surface area contributed by atoms with E-state index in [0.29, 0.717) is 5.69 Å². The number of aromatic carboxylic acids is 1. The fourth-order valence-corrected chi connectivity index (χ4v) is 1.84. The second-order valence-electron chi connectivity index (χ2n) is 4.27. The molecule has 0 aliphatic heterocycles. The maximum Gasteiger partial charge on any atom is 0.335 e. The van der Waals surface area contributed by atoms with Crippen LogP contribution in [0.25, 0.3) is 0 Å². The molecule has 0 unspecified atom stereocenters. The maximum absolute atomic E-state index is 10.8. The Balaban J connectivity index is 2.06. The van der Waals surface area contributed by atoms with Crippen LogP contribution in [-0.4, -0.2) is 34.4 Å². The molecule has 0 atom stereocenters. The topological polar surface area (TPSA) is 84.4 Å². The zero-order chi connectivity index (χ0) is 13.8. The molecule has 1 heterocycles. The molecule has 0 aliphatic carbocycles. The number of aromatic nitrogens is 2. The number of hydrogen-bond donors (Lipinski definition) is 2. The summed E-state index contributed by atoms with van der Waals surface area (Å²) in [6.07, 6.45) is 3.63. The van der Waals surface area contributed by atoms with Gasteiger partial charge in [-0.05, 0) is 24.3 Å². The second-order valence-corrected chi connectivity index (χ2v) is 4.27. The molecule has 0 bridgehead atoms. The summed E-state index contributed by atoms with van der Waals surface area (Å²) in [5.41, 5.74) is 7.36. The van der Waals surface area contributed by atoms with Crippen molar-refractivity contribution in [2.75, 3.05) is 24.2 Å². The molecule has 0 radical (unpaired) electrons. The van der Waals surface area contributed by atoms with E-state index in [1.807, 2.05) is 28.9 Å². The molecule has 6 nitrogen and oxygen atoms in total. The molecule has 2 rings (SSSR count). The average molecular weight is 260 g/mol. The summed E-state index contributed by atoms with van der Waals surface area (Å²) in [5.74, 6) is -0.975. The lowest BCUT2D eigenvalue weighted by molar-refractivity contribution is 0.0697. The van der Waals surface area contributed by atoms with E-state index < -0.39 is 5.97 Å². The monoisotopic (exact) mass is 260 g/mol. The molecule has 1 aromatic heterocycles. The number of carbonyl (C=O) groups is 1. The van der Waals surface area contributed by atoms with Crippen LogP contribution >= 0.6 is 0 Å². The largest absolute Gasteiger partial charge is 0.478 e. The van der Waals surface area contributed by atoms with Gasteiger partial charge in [0.05, 0.1) is 23.5 Å². The Morgan fingerprint density at radius 1 is 1.53 bits per heavy atom. The fourth-order valence-electron chi connectivity index (χ4n) is 1.84. The van der Waals surface area contributed by atoms with E-state index in [2.05, 4.69) is 5.10 Å². The highest BCUT2D eigenvalue weighted by Gasteiger charge is 2.09. The molecule has 2 aromatic rings. The van der Waals surface area contributed by atoms with Crippen molar-refractivity contribution in [1.82, 2.24) is 9.78 Å². The summed E-state index contributed by atoms with van der Waals surface area (Å²) < 4.78 is 1.83. The molecular weight excluding hydrogens is 244 g/mol. The molecular formula is C13H16N4O2. The zero-order valence-corrected chi connectivity index (χ0v) is 10.7. The molecule has 0 amide bonds. The lowest BCUT2D eigenvalue weighted by Crippen LogP contribution is -2.23. The van der Waals surface area contributed by atoms with Crippen LogP contribution in [0.15, 0.2) is 36.7 Å². The number of nitrogens with two attached hydrogens (primary N) is 1. The van der Waals surface area contributed by atoms with Crippen molar-refractivity contribution >= 4 is 17.3 Å². The summed E-state index contributed by atoms with van der Waals surface area (Å²) in [6.45, 7) is 1.47. The molecule has 19 heavy (non-hydrogen) atoms. The third-order valence-electron chi connectivity index (χ3n) is 2.91. The van der Waals surface area contributed by atoms with Crippen molar-refractivity contribution in [1.29, 1.82) is 0 Å². The number of nitrogen functional groups attached to an aromatic ring is 1. The first kappa shape index (κ1) is 12.9. The standard InChI is InChI=1S/C13H16N4O2/c1-16(7-8-17-6-2-5-15-17)12-4-3-10(13(18)19)9-11(12)14/h2-6,9H,7-8,14H2,1H3,(H,18,19). The Hall–Kier alpha value is -2.50. The van der Waals surface area contributed by atoms with E-state index in [0.717, 1.165) is 18.8 Å². The number of nitrogens with zero attached hydrogens (tertiary/aromatic N) is 3. The quantitative estimate of drug-likeness (QED) is 0.791. The van der Waals surface area contributed by atoms with E-state index >= 15 is 0 Å². The van der Waals surface area contributed by atoms with Crippen LogP contribution in [0.5, 0.6) is 0 Å². The molecule has 6 heteroatoms. The van der Waals surface area contributed by atoms with Gasteiger partial charge in [0, 0.05) is 26.0 Å². The van der Waals surface area contributed by atoms with Gasteiger partial charge < -0.3 is 15.7 Å². The number of carboxylic acid groups (broad SMARTS) is 1. The van der Waals surface area contributed by atoms with E-state index in [4.69, 9.17) is 10.8 Å². The first-order chi connectivity index (χ1) is 9.08. The molecule has 0 saturated carbocycles. The number of likely N-dealkylation sites (N-methyl/N-ethyl adjacent to an activating group) is 1. The van der Waals surface area contributed by atoms with Gasteiger partial charge in [0.1, 0.15) is 0 Å². The van der Waals surface area contributed by atoms with Crippen molar-refractivity contribution in [3.8, 4) is 0 Å². The van der Waals surface area contributed by atoms with E-state index in [9.17, 15) is 4.79 Å². The normalized spacial score (nSPS) is 10.4. The van der Waals surface area contributed by atoms with Gasteiger partial charge in [-0.2, -0.15) is 5.10 Å². The Morgan fingerprint density at radius 2 is 2.32 bits per heavy atom. The van der Waals surface area contributed by atoms with Crippen LogP contribution in [0.3, 0.4) is 0 Å². The van der Waals surface area contributed by atoms with E-state index in [-0.39, 0.29) is 5.56 Å². The molecule has 100 valence electrons. The smallest absolute Gasteiger partial charge is 0.335 e. The van der Waals surface area contributed by atoms with Crippen LogP contribution in [0.2, 0.25) is 0 Å². The van der Waals surface area contributed by atoms with Crippen molar-refractivity contribution in [2.24, 2.45) is 0 Å². The lowest BCUT2D eigenvalue weighted by Gasteiger charge is -2.21. The van der Waals surface area contributed by atoms with Gasteiger partial charge in [-0.3, -0.25) is 4.68 Å². The number of anilines is 2. The van der Waals surface area contributed by atoms with Crippen LogP contribution in [0, 0.1) is 0 Å². The summed E-state index contributed by atoms with van der Waals surface area (Å²) in [6, 6.07) is 6.62. The SMILES string of the molecule is CN(CCn1cccn1)c1ccc(C(=O)O)cc1N. The molecule has 0 spiro atoms. The summed E-state index contributed by atoms with van der Waals surface area (Å²) in [4.78, 5) is 12.8. The van der Waals surface area contributed by atoms with Crippen molar-refractivity contribution in [3.63, 3.8) is 0 Å². The Morgan fingerprint density at radius 3 is 2.89 bits per heavy atom. The van der Waals surface area contributed by atoms with Gasteiger partial charge in [0.25, 0.3) is 0 Å². The van der Waals surface area contributed by atoms with Crippen LogP contribution in [-0.2, 0) is 6.54 Å². The van der Waals surface area contributed by atoms with Gasteiger partial charge in [-0.25, -0.2) is 4.79 Å². The van der Waals surface area contributed by atoms with Gasteiger partial charge >= 0.3 is 5.97 Å². The summed E-state index contributed by atoms with van der Waals surface area (Å²) in [7, 11) is 1.91. The third-order valence-corrected chi connectivity index (χ3v) is 2.91. The van der Waals surface area contributed by atoms with Crippen molar-refractivity contribution in [2.45, 2.75) is 6.54 Å². The molecule has 0 aliphatic rings. The Labute approximate surface area is 111 Å². The predicted octanol–water partition coefficient (Wildman–Crippen LogP) is 1.30. The zero-order valence-electron chi connectivity index (χ0n) is 10.7. The summed E-state index contributed by atoms with van der Waals surface area (Å²) in [5, 5.41) is 13.0. The van der Waals surface area contributed by atoms with E-state index in [1.165, 1.54) is 6.07 Å².